The number of hydrogen-bond acceptors (Lipinski definition) is 5. The molecule has 4 rings (SSSR count). The summed E-state index contributed by atoms with van der Waals surface area (Å²) in [6.45, 7) is 0. The number of benzene rings is 2. The van der Waals surface area contributed by atoms with Crippen LogP contribution in [-0.4, -0.2) is 37.2 Å². The molecule has 0 bridgehead atoms. The van der Waals surface area contributed by atoms with Crippen LogP contribution >= 0.6 is 39.3 Å². The van der Waals surface area contributed by atoms with E-state index in [0.29, 0.717) is 26.0 Å². The summed E-state index contributed by atoms with van der Waals surface area (Å²) in [5, 5.41) is 1.27. The number of fused-ring (bicyclic) bond motifs is 1. The SMILES string of the molecule is O=S1(=O)C[C@@H]2N=C(SCc3ccc(Br)cc3F)N(c3cccc(Cl)c3)[C@@H]2C1. The van der Waals surface area contributed by atoms with E-state index in [9.17, 15) is 12.8 Å². The maximum Gasteiger partial charge on any atom is 0.164 e. The van der Waals surface area contributed by atoms with Crippen molar-refractivity contribution in [2.75, 3.05) is 16.4 Å². The quantitative estimate of drug-likeness (QED) is 0.636. The second kappa shape index (κ2) is 7.39. The Morgan fingerprint density at radius 2 is 2.07 bits per heavy atom. The molecular weight excluding hydrogens is 475 g/mol. The van der Waals surface area contributed by atoms with Crippen LogP contribution in [0.2, 0.25) is 5.02 Å². The number of thioether (sulfide) groups is 1. The van der Waals surface area contributed by atoms with Gasteiger partial charge in [0.05, 0.1) is 23.6 Å². The van der Waals surface area contributed by atoms with Crippen LogP contribution in [0, 0.1) is 5.82 Å². The number of anilines is 1. The van der Waals surface area contributed by atoms with Crippen molar-refractivity contribution in [1.29, 1.82) is 0 Å². The summed E-state index contributed by atoms with van der Waals surface area (Å²) in [5.41, 5.74) is 1.37. The van der Waals surface area contributed by atoms with Gasteiger partial charge in [-0.05, 0) is 35.9 Å². The third-order valence-electron chi connectivity index (χ3n) is 4.57. The molecule has 0 saturated carbocycles. The molecule has 0 aliphatic carbocycles. The van der Waals surface area contributed by atoms with Gasteiger partial charge in [-0.15, -0.1) is 0 Å². The van der Waals surface area contributed by atoms with Crippen LogP contribution in [0.4, 0.5) is 10.1 Å². The van der Waals surface area contributed by atoms with Crippen LogP contribution in [0.5, 0.6) is 0 Å². The monoisotopic (exact) mass is 488 g/mol. The predicted octanol–water partition coefficient (Wildman–Crippen LogP) is 4.52. The van der Waals surface area contributed by atoms with E-state index < -0.39 is 9.84 Å². The van der Waals surface area contributed by atoms with E-state index in [4.69, 9.17) is 11.6 Å². The molecule has 2 aliphatic rings. The molecule has 0 spiro atoms. The highest BCUT2D eigenvalue weighted by molar-refractivity contribution is 9.10. The van der Waals surface area contributed by atoms with Crippen LogP contribution in [0.15, 0.2) is 51.9 Å². The lowest BCUT2D eigenvalue weighted by Gasteiger charge is -2.26. The Balaban J connectivity index is 1.63. The molecule has 0 N–H and O–H groups in total. The number of rotatable bonds is 3. The van der Waals surface area contributed by atoms with Crippen LogP contribution in [-0.2, 0) is 15.6 Å². The van der Waals surface area contributed by atoms with Crippen LogP contribution in [0.25, 0.3) is 0 Å². The summed E-state index contributed by atoms with van der Waals surface area (Å²) in [4.78, 5) is 6.58. The van der Waals surface area contributed by atoms with E-state index in [1.807, 2.05) is 17.0 Å². The summed E-state index contributed by atoms with van der Waals surface area (Å²) >= 11 is 10.8. The lowest BCUT2D eigenvalue weighted by Crippen LogP contribution is -2.39. The van der Waals surface area contributed by atoms with Gasteiger partial charge in [0.25, 0.3) is 0 Å². The Morgan fingerprint density at radius 3 is 2.81 bits per heavy atom. The summed E-state index contributed by atoms with van der Waals surface area (Å²) in [6, 6.07) is 11.7. The smallest absolute Gasteiger partial charge is 0.164 e. The van der Waals surface area contributed by atoms with E-state index in [-0.39, 0.29) is 29.4 Å². The zero-order chi connectivity index (χ0) is 19.2. The van der Waals surface area contributed by atoms with E-state index in [1.54, 1.807) is 24.3 Å². The molecule has 9 heteroatoms. The van der Waals surface area contributed by atoms with Gasteiger partial charge in [0.15, 0.2) is 15.0 Å². The lowest BCUT2D eigenvalue weighted by molar-refractivity contribution is 0.601. The van der Waals surface area contributed by atoms with Gasteiger partial charge < -0.3 is 4.90 Å². The van der Waals surface area contributed by atoms with Gasteiger partial charge >= 0.3 is 0 Å². The first kappa shape index (κ1) is 19.2. The summed E-state index contributed by atoms with van der Waals surface area (Å²) < 4.78 is 39.0. The van der Waals surface area contributed by atoms with E-state index in [2.05, 4.69) is 20.9 Å². The van der Waals surface area contributed by atoms with Gasteiger partial charge in [-0.2, -0.15) is 0 Å². The molecule has 2 aromatic carbocycles. The standard InChI is InChI=1S/C18H15BrClFN2O2S2/c19-12-5-4-11(15(21)6-12)8-26-18-22-16-9-27(24,25)10-17(16)23(18)14-3-1-2-13(20)7-14/h1-7,16-17H,8-10H2/t16-,17+/m0/s1. The molecule has 4 nitrogen and oxygen atoms in total. The van der Waals surface area contributed by atoms with Gasteiger partial charge in [-0.3, -0.25) is 4.99 Å². The molecular formula is C18H15BrClFN2O2S2. The molecule has 0 unspecified atom stereocenters. The van der Waals surface area contributed by atoms with Crippen LogP contribution in [0.1, 0.15) is 5.56 Å². The van der Waals surface area contributed by atoms with E-state index in [0.717, 1.165) is 5.69 Å². The Labute approximate surface area is 174 Å². The minimum atomic E-state index is -3.11. The highest BCUT2D eigenvalue weighted by Gasteiger charge is 2.47. The fourth-order valence-corrected chi connectivity index (χ4v) is 6.81. The summed E-state index contributed by atoms with van der Waals surface area (Å²) in [6.07, 6.45) is 0. The van der Waals surface area contributed by atoms with Crippen molar-refractivity contribution in [1.82, 2.24) is 0 Å². The zero-order valence-electron chi connectivity index (χ0n) is 14.0. The summed E-state index contributed by atoms with van der Waals surface area (Å²) in [5.74, 6) is 0.226. The Kier molecular flexibility index (Phi) is 5.26. The van der Waals surface area contributed by atoms with E-state index in [1.165, 1.54) is 17.8 Å². The summed E-state index contributed by atoms with van der Waals surface area (Å²) in [7, 11) is -3.11. The fourth-order valence-electron chi connectivity index (χ4n) is 3.34. The lowest BCUT2D eigenvalue weighted by atomic mass is 10.1. The van der Waals surface area contributed by atoms with Crippen molar-refractivity contribution < 1.29 is 12.8 Å². The van der Waals surface area contributed by atoms with Gasteiger partial charge in [0.2, 0.25) is 0 Å². The molecule has 0 radical (unpaired) electrons. The number of nitrogens with zero attached hydrogens (tertiary/aromatic N) is 2. The Morgan fingerprint density at radius 1 is 1.26 bits per heavy atom. The Bertz CT molecular complexity index is 1030. The second-order valence-corrected chi connectivity index (χ2v) is 10.9. The number of amidine groups is 1. The van der Waals surface area contributed by atoms with E-state index >= 15 is 0 Å². The van der Waals surface area contributed by atoms with Gasteiger partial charge in [0, 0.05) is 20.9 Å². The average molecular weight is 490 g/mol. The molecule has 2 aromatic rings. The molecule has 1 fully saturated rings. The number of hydrogen-bond donors (Lipinski definition) is 0. The normalized spacial score (nSPS) is 23.4. The zero-order valence-corrected chi connectivity index (χ0v) is 18.0. The highest BCUT2D eigenvalue weighted by Crippen LogP contribution is 2.37. The minimum Gasteiger partial charge on any atom is -0.315 e. The first-order valence-corrected chi connectivity index (χ1v) is 12.2. The fraction of sp³-hybridized carbons (Fsp3) is 0.278. The molecule has 2 atom stereocenters. The number of halogens is 3. The first-order chi connectivity index (χ1) is 12.8. The van der Waals surface area contributed by atoms with Crippen molar-refractivity contribution >= 4 is 60.0 Å². The van der Waals surface area contributed by atoms with Gasteiger partial charge in [0.1, 0.15) is 5.82 Å². The largest absolute Gasteiger partial charge is 0.315 e. The second-order valence-electron chi connectivity index (χ2n) is 6.50. The average Bonchev–Trinajstić information content (AvgIpc) is 3.05. The molecule has 0 amide bonds. The first-order valence-electron chi connectivity index (χ1n) is 8.22. The topological polar surface area (TPSA) is 49.7 Å². The maximum absolute atomic E-state index is 14.1. The van der Waals surface area contributed by atoms with Gasteiger partial charge in [-0.25, -0.2) is 12.8 Å². The van der Waals surface area contributed by atoms with Gasteiger partial charge in [-0.1, -0.05) is 51.4 Å². The predicted molar refractivity (Wildman–Crippen MR) is 113 cm³/mol. The number of sulfone groups is 1. The number of aliphatic imine (C=N–C) groups is 1. The third-order valence-corrected chi connectivity index (χ3v) is 8.01. The van der Waals surface area contributed by atoms with Crippen molar-refractivity contribution in [3.63, 3.8) is 0 Å². The van der Waals surface area contributed by atoms with Crippen molar-refractivity contribution in [2.45, 2.75) is 17.8 Å². The van der Waals surface area contributed by atoms with Crippen LogP contribution in [0.3, 0.4) is 0 Å². The van der Waals surface area contributed by atoms with Crippen molar-refractivity contribution in [3.05, 3.63) is 63.3 Å². The van der Waals surface area contributed by atoms with Crippen LogP contribution < -0.4 is 4.90 Å². The molecule has 142 valence electrons. The third kappa shape index (κ3) is 4.04. The minimum absolute atomic E-state index is 0.0471. The molecule has 27 heavy (non-hydrogen) atoms. The highest BCUT2D eigenvalue weighted by atomic mass is 79.9. The molecule has 1 saturated heterocycles. The molecule has 2 aliphatic heterocycles. The molecule has 2 heterocycles. The Hall–Kier alpha value is -1.09. The van der Waals surface area contributed by atoms with Crippen molar-refractivity contribution in [3.8, 4) is 0 Å². The maximum atomic E-state index is 14.1. The molecule has 0 aromatic heterocycles. The van der Waals surface area contributed by atoms with Crippen molar-refractivity contribution in [2.24, 2.45) is 4.99 Å².